The fraction of sp³-hybridized carbons (Fsp3) is 0.300. The molecular formula is C20H22ClFN2O2. The highest BCUT2D eigenvalue weighted by Crippen LogP contribution is 2.25. The Labute approximate surface area is 158 Å². The van der Waals surface area contributed by atoms with Crippen LogP contribution in [0.5, 0.6) is 0 Å². The quantitative estimate of drug-likeness (QED) is 0.755. The van der Waals surface area contributed by atoms with Gasteiger partial charge in [-0.2, -0.15) is 0 Å². The summed E-state index contributed by atoms with van der Waals surface area (Å²) < 4.78 is 13.3. The van der Waals surface area contributed by atoms with Crippen LogP contribution >= 0.6 is 11.6 Å². The molecule has 0 aliphatic heterocycles. The Balaban J connectivity index is 2.13. The lowest BCUT2D eigenvalue weighted by Crippen LogP contribution is -2.47. The first-order chi connectivity index (χ1) is 12.3. The number of nitrogens with zero attached hydrogens (tertiary/aromatic N) is 1. The molecule has 6 heteroatoms. The van der Waals surface area contributed by atoms with Gasteiger partial charge >= 0.3 is 0 Å². The van der Waals surface area contributed by atoms with E-state index in [1.165, 1.54) is 18.2 Å². The zero-order valence-corrected chi connectivity index (χ0v) is 15.8. The van der Waals surface area contributed by atoms with E-state index in [0.717, 1.165) is 5.56 Å². The highest BCUT2D eigenvalue weighted by Gasteiger charge is 2.39. The van der Waals surface area contributed by atoms with Gasteiger partial charge in [0.1, 0.15) is 11.2 Å². The molecule has 0 aromatic heterocycles. The molecular weight excluding hydrogens is 355 g/mol. The highest BCUT2D eigenvalue weighted by atomic mass is 35.5. The number of hydrogen-bond donors (Lipinski definition) is 1. The molecule has 2 amide bonds. The second-order valence-electron chi connectivity index (χ2n) is 6.51. The summed E-state index contributed by atoms with van der Waals surface area (Å²) >= 11 is 5.74. The molecule has 138 valence electrons. The maximum atomic E-state index is 13.3. The van der Waals surface area contributed by atoms with E-state index < -0.39 is 17.1 Å². The first-order valence-corrected chi connectivity index (χ1v) is 8.73. The number of benzene rings is 2. The van der Waals surface area contributed by atoms with Gasteiger partial charge in [0.15, 0.2) is 0 Å². The largest absolute Gasteiger partial charge is 0.338 e. The molecule has 0 radical (unpaired) electrons. The highest BCUT2D eigenvalue weighted by molar-refractivity contribution is 6.31. The second kappa shape index (κ2) is 8.32. The molecule has 0 spiro atoms. The molecule has 0 fully saturated rings. The molecule has 0 saturated carbocycles. The SMILES string of the molecule is CCN(Cc1ccccc1)C(=O)C(C)(C)C(=O)Nc1ccc(F)c(Cl)c1. The zero-order valence-electron chi connectivity index (χ0n) is 15.1. The van der Waals surface area contributed by atoms with Gasteiger partial charge in [-0.05, 0) is 44.5 Å². The minimum atomic E-state index is -1.29. The van der Waals surface area contributed by atoms with Crippen molar-refractivity contribution in [1.82, 2.24) is 4.90 Å². The van der Waals surface area contributed by atoms with E-state index in [1.807, 2.05) is 37.3 Å². The molecule has 0 unspecified atom stereocenters. The molecule has 0 heterocycles. The Morgan fingerprint density at radius 1 is 1.15 bits per heavy atom. The number of rotatable bonds is 6. The Morgan fingerprint density at radius 3 is 2.38 bits per heavy atom. The van der Waals surface area contributed by atoms with Crippen molar-refractivity contribution in [3.63, 3.8) is 0 Å². The zero-order chi connectivity index (χ0) is 19.3. The standard InChI is InChI=1S/C20H22ClFN2O2/c1-4-24(13-14-8-6-5-7-9-14)19(26)20(2,3)18(25)23-15-10-11-17(22)16(21)12-15/h5-12H,4,13H2,1-3H3,(H,23,25). The molecule has 0 saturated heterocycles. The number of hydrogen-bond acceptors (Lipinski definition) is 2. The fourth-order valence-electron chi connectivity index (χ4n) is 2.48. The van der Waals surface area contributed by atoms with Gasteiger partial charge in [0, 0.05) is 18.8 Å². The lowest BCUT2D eigenvalue weighted by Gasteiger charge is -2.30. The lowest BCUT2D eigenvalue weighted by molar-refractivity contribution is -0.146. The van der Waals surface area contributed by atoms with Gasteiger partial charge in [0.2, 0.25) is 11.8 Å². The average Bonchev–Trinajstić information content (AvgIpc) is 2.63. The first kappa shape index (κ1) is 19.9. The van der Waals surface area contributed by atoms with Crippen molar-refractivity contribution in [2.24, 2.45) is 5.41 Å². The lowest BCUT2D eigenvalue weighted by atomic mass is 9.90. The molecule has 2 rings (SSSR count). The Bertz CT molecular complexity index is 794. The van der Waals surface area contributed by atoms with Crippen LogP contribution in [-0.4, -0.2) is 23.3 Å². The summed E-state index contributed by atoms with van der Waals surface area (Å²) in [6, 6.07) is 13.5. The summed E-state index contributed by atoms with van der Waals surface area (Å²) in [7, 11) is 0. The summed E-state index contributed by atoms with van der Waals surface area (Å²) in [5.74, 6) is -1.33. The van der Waals surface area contributed by atoms with Crippen LogP contribution in [0.1, 0.15) is 26.3 Å². The number of anilines is 1. The molecule has 0 atom stereocenters. The van der Waals surface area contributed by atoms with Crippen molar-refractivity contribution in [3.8, 4) is 0 Å². The van der Waals surface area contributed by atoms with Gasteiger partial charge in [0.25, 0.3) is 0 Å². The molecule has 2 aromatic rings. The maximum absolute atomic E-state index is 13.3. The van der Waals surface area contributed by atoms with Crippen LogP contribution in [0.25, 0.3) is 0 Å². The number of carbonyl (C=O) groups is 2. The fourth-order valence-corrected chi connectivity index (χ4v) is 2.67. The van der Waals surface area contributed by atoms with Gasteiger partial charge in [0.05, 0.1) is 5.02 Å². The van der Waals surface area contributed by atoms with E-state index in [1.54, 1.807) is 18.7 Å². The van der Waals surface area contributed by atoms with Gasteiger partial charge in [-0.1, -0.05) is 41.9 Å². The molecule has 0 bridgehead atoms. The normalized spacial score (nSPS) is 11.1. The third-order valence-electron chi connectivity index (χ3n) is 4.16. The minimum Gasteiger partial charge on any atom is -0.338 e. The van der Waals surface area contributed by atoms with Crippen molar-refractivity contribution in [1.29, 1.82) is 0 Å². The number of nitrogens with one attached hydrogen (secondary N) is 1. The summed E-state index contributed by atoms with van der Waals surface area (Å²) in [6.45, 7) is 5.92. The number of halogens is 2. The molecule has 26 heavy (non-hydrogen) atoms. The summed E-state index contributed by atoms with van der Waals surface area (Å²) in [5, 5.41) is 2.54. The van der Waals surface area contributed by atoms with Crippen LogP contribution < -0.4 is 5.32 Å². The van der Waals surface area contributed by atoms with Crippen LogP contribution in [-0.2, 0) is 16.1 Å². The van der Waals surface area contributed by atoms with E-state index in [4.69, 9.17) is 11.6 Å². The minimum absolute atomic E-state index is 0.0915. The summed E-state index contributed by atoms with van der Waals surface area (Å²) in [6.07, 6.45) is 0. The smallest absolute Gasteiger partial charge is 0.239 e. The van der Waals surface area contributed by atoms with Crippen LogP contribution in [0.3, 0.4) is 0 Å². The van der Waals surface area contributed by atoms with E-state index in [9.17, 15) is 14.0 Å². The van der Waals surface area contributed by atoms with Gasteiger partial charge in [-0.25, -0.2) is 4.39 Å². The van der Waals surface area contributed by atoms with E-state index in [2.05, 4.69) is 5.32 Å². The van der Waals surface area contributed by atoms with Crippen LogP contribution in [0.2, 0.25) is 5.02 Å². The van der Waals surface area contributed by atoms with Crippen molar-refractivity contribution >= 4 is 29.1 Å². The third kappa shape index (κ3) is 4.61. The van der Waals surface area contributed by atoms with E-state index in [0.29, 0.717) is 18.8 Å². The predicted octanol–water partition coefficient (Wildman–Crippen LogP) is 4.49. The summed E-state index contributed by atoms with van der Waals surface area (Å²) in [5.41, 5.74) is 0.0451. The van der Waals surface area contributed by atoms with Gasteiger partial charge in [-0.3, -0.25) is 9.59 Å². The second-order valence-corrected chi connectivity index (χ2v) is 6.92. The van der Waals surface area contributed by atoms with Gasteiger partial charge in [-0.15, -0.1) is 0 Å². The van der Waals surface area contributed by atoms with Crippen LogP contribution in [0, 0.1) is 11.2 Å². The Kier molecular flexibility index (Phi) is 6.37. The van der Waals surface area contributed by atoms with Crippen molar-refractivity contribution in [2.75, 3.05) is 11.9 Å². The van der Waals surface area contributed by atoms with Crippen molar-refractivity contribution in [3.05, 3.63) is 64.9 Å². The molecule has 4 nitrogen and oxygen atoms in total. The molecule has 0 aliphatic carbocycles. The van der Waals surface area contributed by atoms with E-state index in [-0.39, 0.29) is 10.9 Å². The Hall–Kier alpha value is -2.40. The molecule has 0 aliphatic rings. The molecule has 2 aromatic carbocycles. The number of amides is 2. The average molecular weight is 377 g/mol. The van der Waals surface area contributed by atoms with Crippen LogP contribution in [0.15, 0.2) is 48.5 Å². The van der Waals surface area contributed by atoms with Crippen LogP contribution in [0.4, 0.5) is 10.1 Å². The third-order valence-corrected chi connectivity index (χ3v) is 4.45. The topological polar surface area (TPSA) is 49.4 Å². The van der Waals surface area contributed by atoms with E-state index >= 15 is 0 Å². The predicted molar refractivity (Wildman–Crippen MR) is 101 cm³/mol. The van der Waals surface area contributed by atoms with Gasteiger partial charge < -0.3 is 10.2 Å². The monoisotopic (exact) mass is 376 g/mol. The Morgan fingerprint density at radius 2 is 1.81 bits per heavy atom. The molecule has 1 N–H and O–H groups in total. The van der Waals surface area contributed by atoms with Crippen molar-refractivity contribution < 1.29 is 14.0 Å². The van der Waals surface area contributed by atoms with Crippen molar-refractivity contribution in [2.45, 2.75) is 27.3 Å². The summed E-state index contributed by atoms with van der Waals surface area (Å²) in [4.78, 5) is 27.2. The maximum Gasteiger partial charge on any atom is 0.239 e. The first-order valence-electron chi connectivity index (χ1n) is 8.35. The number of carbonyl (C=O) groups excluding carboxylic acids is 2.